The summed E-state index contributed by atoms with van der Waals surface area (Å²) in [6, 6.07) is 15.5. The number of ether oxygens (including phenoxy) is 1. The molecule has 1 aliphatic heterocycles. The van der Waals surface area contributed by atoms with E-state index in [-0.39, 0.29) is 12.0 Å². The lowest BCUT2D eigenvalue weighted by molar-refractivity contribution is 0.102. The molecule has 1 aliphatic rings. The lowest BCUT2D eigenvalue weighted by atomic mass is 10.0. The minimum absolute atomic E-state index is 0.170. The third kappa shape index (κ3) is 4.12. The number of methoxy groups -OCH3 is 1. The third-order valence-corrected chi connectivity index (χ3v) is 8.06. The van der Waals surface area contributed by atoms with Gasteiger partial charge in [-0.2, -0.15) is 0 Å². The number of thiazole rings is 1. The Kier molecular flexibility index (Phi) is 5.97. The van der Waals surface area contributed by atoms with Crippen molar-refractivity contribution in [2.75, 3.05) is 38.0 Å². The number of nitrogens with one attached hydrogen (secondary N) is 1. The molecule has 9 heteroatoms. The van der Waals surface area contributed by atoms with Crippen LogP contribution in [0, 0.1) is 0 Å². The molecule has 1 N–H and O–H groups in total. The standard InChI is InChI=1S/C25H24N4O3S2/c1-28(2)16-10-8-15(9-11-16)22(30)27-24-21(23-26-18-6-4-5-7-19(18)33-23)17-12-13-29(25(31)32-3)14-20(17)34-24/h4-11H,12-14H2,1-3H3,(H,27,30). The number of anilines is 2. The smallest absolute Gasteiger partial charge is 0.409 e. The number of amides is 2. The lowest BCUT2D eigenvalue weighted by Crippen LogP contribution is -2.35. The molecule has 2 amide bonds. The van der Waals surface area contributed by atoms with Crippen LogP contribution >= 0.6 is 22.7 Å². The van der Waals surface area contributed by atoms with Gasteiger partial charge < -0.3 is 19.9 Å². The summed E-state index contributed by atoms with van der Waals surface area (Å²) in [5, 5.41) is 4.77. The summed E-state index contributed by atoms with van der Waals surface area (Å²) in [5.41, 5.74) is 4.65. The van der Waals surface area contributed by atoms with Crippen molar-refractivity contribution in [2.24, 2.45) is 0 Å². The molecule has 0 atom stereocenters. The molecule has 0 spiro atoms. The van der Waals surface area contributed by atoms with Crippen LogP contribution in [0.5, 0.6) is 0 Å². The second kappa shape index (κ2) is 9.08. The monoisotopic (exact) mass is 492 g/mol. The Morgan fingerprint density at radius 1 is 1.09 bits per heavy atom. The highest BCUT2D eigenvalue weighted by molar-refractivity contribution is 7.23. The maximum Gasteiger partial charge on any atom is 0.409 e. The Morgan fingerprint density at radius 2 is 1.85 bits per heavy atom. The van der Waals surface area contributed by atoms with Gasteiger partial charge >= 0.3 is 6.09 Å². The van der Waals surface area contributed by atoms with Crippen molar-refractivity contribution in [1.29, 1.82) is 0 Å². The van der Waals surface area contributed by atoms with Crippen molar-refractivity contribution >= 4 is 55.6 Å². The fourth-order valence-electron chi connectivity index (χ4n) is 4.07. The van der Waals surface area contributed by atoms with Crippen molar-refractivity contribution in [3.8, 4) is 10.6 Å². The number of carbonyl (C=O) groups excluding carboxylic acids is 2. The van der Waals surface area contributed by atoms with Gasteiger partial charge in [0.15, 0.2) is 0 Å². The van der Waals surface area contributed by atoms with Crippen LogP contribution in [0.1, 0.15) is 20.8 Å². The second-order valence-electron chi connectivity index (χ2n) is 8.23. The van der Waals surface area contributed by atoms with Gasteiger partial charge in [-0.25, -0.2) is 9.78 Å². The van der Waals surface area contributed by atoms with Crippen LogP contribution in [0.3, 0.4) is 0 Å². The molecular formula is C25H24N4O3S2. The van der Waals surface area contributed by atoms with Crippen molar-refractivity contribution in [3.05, 3.63) is 64.5 Å². The first-order valence-corrected chi connectivity index (χ1v) is 12.5. The Balaban J connectivity index is 1.53. The van der Waals surface area contributed by atoms with E-state index in [0.29, 0.717) is 25.1 Å². The minimum Gasteiger partial charge on any atom is -0.453 e. The van der Waals surface area contributed by atoms with Crippen molar-refractivity contribution in [2.45, 2.75) is 13.0 Å². The number of carbonyl (C=O) groups is 2. The zero-order valence-corrected chi connectivity index (χ0v) is 20.8. The fourth-order valence-corrected chi connectivity index (χ4v) is 6.44. The number of para-hydroxylation sites is 1. The van der Waals surface area contributed by atoms with E-state index >= 15 is 0 Å². The highest BCUT2D eigenvalue weighted by atomic mass is 32.1. The van der Waals surface area contributed by atoms with Gasteiger partial charge in [-0.1, -0.05) is 12.1 Å². The number of benzene rings is 2. The normalized spacial score (nSPS) is 13.0. The van der Waals surface area contributed by atoms with E-state index in [0.717, 1.165) is 41.9 Å². The molecule has 2 aromatic heterocycles. The van der Waals surface area contributed by atoms with E-state index in [4.69, 9.17) is 9.72 Å². The summed E-state index contributed by atoms with van der Waals surface area (Å²) in [5.74, 6) is -0.170. The number of fused-ring (bicyclic) bond motifs is 2. The van der Waals surface area contributed by atoms with Crippen LogP contribution in [0.4, 0.5) is 15.5 Å². The second-order valence-corrected chi connectivity index (χ2v) is 10.4. The van der Waals surface area contributed by atoms with Gasteiger partial charge in [0, 0.05) is 42.3 Å². The van der Waals surface area contributed by atoms with Gasteiger partial charge in [-0.15, -0.1) is 22.7 Å². The minimum atomic E-state index is -0.341. The number of thiophene rings is 1. The molecule has 0 saturated heterocycles. The average molecular weight is 493 g/mol. The number of hydrogen-bond acceptors (Lipinski definition) is 7. The largest absolute Gasteiger partial charge is 0.453 e. The van der Waals surface area contributed by atoms with Crippen LogP contribution in [-0.4, -0.2) is 49.6 Å². The van der Waals surface area contributed by atoms with E-state index in [1.807, 2.05) is 61.5 Å². The first kappa shape index (κ1) is 22.4. The molecule has 3 heterocycles. The van der Waals surface area contributed by atoms with E-state index in [1.165, 1.54) is 18.4 Å². The topological polar surface area (TPSA) is 74.8 Å². The van der Waals surface area contributed by atoms with Gasteiger partial charge in [-0.05, 0) is 48.4 Å². The van der Waals surface area contributed by atoms with E-state index in [1.54, 1.807) is 16.2 Å². The van der Waals surface area contributed by atoms with Gasteiger partial charge in [0.05, 0.1) is 23.9 Å². The highest BCUT2D eigenvalue weighted by Gasteiger charge is 2.30. The van der Waals surface area contributed by atoms with E-state index in [2.05, 4.69) is 11.4 Å². The molecule has 174 valence electrons. The van der Waals surface area contributed by atoms with Crippen LogP contribution in [0.2, 0.25) is 0 Å². The first-order valence-electron chi connectivity index (χ1n) is 10.9. The summed E-state index contributed by atoms with van der Waals surface area (Å²) < 4.78 is 6.02. The highest BCUT2D eigenvalue weighted by Crippen LogP contribution is 2.45. The quantitative estimate of drug-likeness (QED) is 0.409. The molecule has 0 unspecified atom stereocenters. The van der Waals surface area contributed by atoms with Crippen LogP contribution in [-0.2, 0) is 17.7 Å². The molecule has 0 bridgehead atoms. The Hall–Kier alpha value is -3.43. The van der Waals surface area contributed by atoms with Gasteiger partial charge in [0.25, 0.3) is 5.91 Å². The predicted octanol–water partition coefficient (Wildman–Crippen LogP) is 5.47. The van der Waals surface area contributed by atoms with Crippen LogP contribution in [0.25, 0.3) is 20.8 Å². The summed E-state index contributed by atoms with van der Waals surface area (Å²) in [4.78, 5) is 34.9. The lowest BCUT2D eigenvalue weighted by Gasteiger charge is -2.25. The molecule has 4 aromatic rings. The SMILES string of the molecule is COC(=O)N1CCc2c(sc(NC(=O)c3ccc(N(C)C)cc3)c2-c2nc3ccccc3s2)C1. The Morgan fingerprint density at radius 3 is 2.56 bits per heavy atom. The molecule has 0 saturated carbocycles. The first-order chi connectivity index (χ1) is 16.4. The van der Waals surface area contributed by atoms with Crippen molar-refractivity contribution < 1.29 is 14.3 Å². The average Bonchev–Trinajstić information content (AvgIpc) is 3.43. The summed E-state index contributed by atoms with van der Waals surface area (Å²) in [6.45, 7) is 1.02. The summed E-state index contributed by atoms with van der Waals surface area (Å²) in [7, 11) is 5.33. The molecule has 0 radical (unpaired) electrons. The van der Waals surface area contributed by atoms with Crippen LogP contribution in [0.15, 0.2) is 48.5 Å². The molecular weight excluding hydrogens is 468 g/mol. The summed E-state index contributed by atoms with van der Waals surface area (Å²) in [6.07, 6.45) is 0.340. The molecule has 2 aromatic carbocycles. The number of hydrogen-bond donors (Lipinski definition) is 1. The molecule has 0 fully saturated rings. The molecule has 0 aliphatic carbocycles. The van der Waals surface area contributed by atoms with Gasteiger partial charge in [0.2, 0.25) is 0 Å². The summed E-state index contributed by atoms with van der Waals surface area (Å²) >= 11 is 3.12. The van der Waals surface area contributed by atoms with E-state index < -0.39 is 0 Å². The maximum absolute atomic E-state index is 13.2. The number of rotatable bonds is 4. The number of aromatic nitrogens is 1. The van der Waals surface area contributed by atoms with Gasteiger partial charge in [0.1, 0.15) is 10.0 Å². The zero-order chi connectivity index (χ0) is 23.8. The van der Waals surface area contributed by atoms with Crippen LogP contribution < -0.4 is 10.2 Å². The Labute approximate surface area is 205 Å². The van der Waals surface area contributed by atoms with E-state index in [9.17, 15) is 9.59 Å². The molecule has 7 nitrogen and oxygen atoms in total. The predicted molar refractivity (Wildman–Crippen MR) is 138 cm³/mol. The van der Waals surface area contributed by atoms with Crippen molar-refractivity contribution in [1.82, 2.24) is 9.88 Å². The molecule has 34 heavy (non-hydrogen) atoms. The zero-order valence-electron chi connectivity index (χ0n) is 19.1. The van der Waals surface area contributed by atoms with Gasteiger partial charge in [-0.3, -0.25) is 4.79 Å². The third-order valence-electron chi connectivity index (χ3n) is 5.87. The molecule has 5 rings (SSSR count). The van der Waals surface area contributed by atoms with Crippen molar-refractivity contribution in [3.63, 3.8) is 0 Å². The maximum atomic E-state index is 13.2. The fraction of sp³-hybridized carbons (Fsp3) is 0.240. The number of nitrogens with zero attached hydrogens (tertiary/aromatic N) is 3. The Bertz CT molecular complexity index is 1340.